The van der Waals surface area contributed by atoms with Crippen molar-refractivity contribution in [3.05, 3.63) is 71.3 Å². The van der Waals surface area contributed by atoms with E-state index in [0.717, 1.165) is 36.6 Å². The monoisotopic (exact) mass is 429 g/mol. The molecule has 8 nitrogen and oxygen atoms in total. The highest BCUT2D eigenvalue weighted by Gasteiger charge is 2.26. The van der Waals surface area contributed by atoms with Crippen LogP contribution in [0.25, 0.3) is 16.9 Å². The van der Waals surface area contributed by atoms with Gasteiger partial charge < -0.3 is 4.90 Å². The SMILES string of the molecule is Cc1ccc(-c2ccnc3c(C(=O)N4CCN(Cc5cn(C)nc5C)CC4)cnn23)cc1. The number of aryl methyl sites for hydroxylation is 3. The van der Waals surface area contributed by atoms with E-state index >= 15 is 0 Å². The fraction of sp³-hybridized carbons (Fsp3) is 0.333. The third-order valence-electron chi connectivity index (χ3n) is 6.15. The molecule has 3 aromatic heterocycles. The summed E-state index contributed by atoms with van der Waals surface area (Å²) in [6.45, 7) is 8.01. The normalized spacial score (nSPS) is 14.9. The Hall–Kier alpha value is -3.52. The quantitative estimate of drug-likeness (QED) is 0.499. The molecule has 0 saturated carbocycles. The van der Waals surface area contributed by atoms with Crippen LogP contribution in [0.4, 0.5) is 0 Å². The largest absolute Gasteiger partial charge is 0.336 e. The highest BCUT2D eigenvalue weighted by Crippen LogP contribution is 2.22. The third kappa shape index (κ3) is 3.78. The lowest BCUT2D eigenvalue weighted by Gasteiger charge is -2.34. The van der Waals surface area contributed by atoms with Gasteiger partial charge in [0.25, 0.3) is 5.91 Å². The molecule has 1 aromatic carbocycles. The van der Waals surface area contributed by atoms with Crippen LogP contribution < -0.4 is 0 Å². The van der Waals surface area contributed by atoms with Gasteiger partial charge in [-0.3, -0.25) is 14.4 Å². The summed E-state index contributed by atoms with van der Waals surface area (Å²) in [5.41, 5.74) is 6.62. The second-order valence-corrected chi connectivity index (χ2v) is 8.47. The standard InChI is InChI=1S/C24H27N7O/c1-17-4-6-19(7-5-17)22-8-9-25-23-21(14-26-31(22)23)24(32)30-12-10-29(11-13-30)16-20-15-28(3)27-18(20)2/h4-9,14-15H,10-13,16H2,1-3H3. The number of aromatic nitrogens is 5. The van der Waals surface area contributed by atoms with Gasteiger partial charge in [-0.1, -0.05) is 29.8 Å². The van der Waals surface area contributed by atoms with E-state index in [-0.39, 0.29) is 5.91 Å². The van der Waals surface area contributed by atoms with E-state index < -0.39 is 0 Å². The Kier molecular flexibility index (Phi) is 5.22. The molecular weight excluding hydrogens is 402 g/mol. The van der Waals surface area contributed by atoms with E-state index in [1.54, 1.807) is 16.9 Å². The van der Waals surface area contributed by atoms with Crippen LogP contribution in [0, 0.1) is 13.8 Å². The number of nitrogens with zero attached hydrogens (tertiary/aromatic N) is 7. The van der Waals surface area contributed by atoms with Gasteiger partial charge in [0, 0.05) is 63.3 Å². The molecule has 1 aliphatic heterocycles. The van der Waals surface area contributed by atoms with Gasteiger partial charge in [-0.25, -0.2) is 9.50 Å². The van der Waals surface area contributed by atoms with Crippen LogP contribution in [0.2, 0.25) is 0 Å². The maximum atomic E-state index is 13.3. The molecule has 5 rings (SSSR count). The Labute approximate surface area is 187 Å². The number of benzene rings is 1. The summed E-state index contributed by atoms with van der Waals surface area (Å²) in [5, 5.41) is 8.93. The molecule has 4 aromatic rings. The number of hydrogen-bond donors (Lipinski definition) is 0. The Bertz CT molecular complexity index is 1260. The molecule has 164 valence electrons. The van der Waals surface area contributed by atoms with Crippen LogP contribution in [-0.2, 0) is 13.6 Å². The Morgan fingerprint density at radius 1 is 1.03 bits per heavy atom. The van der Waals surface area contributed by atoms with Gasteiger partial charge in [0.15, 0.2) is 5.65 Å². The molecule has 8 heteroatoms. The molecule has 0 bridgehead atoms. The average molecular weight is 430 g/mol. The summed E-state index contributed by atoms with van der Waals surface area (Å²) >= 11 is 0. The zero-order chi connectivity index (χ0) is 22.2. The van der Waals surface area contributed by atoms with Gasteiger partial charge >= 0.3 is 0 Å². The molecule has 0 radical (unpaired) electrons. The maximum absolute atomic E-state index is 13.3. The van der Waals surface area contributed by atoms with Gasteiger partial charge in [0.1, 0.15) is 5.56 Å². The van der Waals surface area contributed by atoms with E-state index in [2.05, 4.69) is 57.5 Å². The van der Waals surface area contributed by atoms with Gasteiger partial charge in [0.05, 0.1) is 17.6 Å². The molecule has 4 heterocycles. The molecule has 0 unspecified atom stereocenters. The Morgan fingerprint density at radius 3 is 2.47 bits per heavy atom. The summed E-state index contributed by atoms with van der Waals surface area (Å²) < 4.78 is 3.62. The number of amides is 1. The number of piperazine rings is 1. The van der Waals surface area contributed by atoms with Gasteiger partial charge in [-0.2, -0.15) is 10.2 Å². The van der Waals surface area contributed by atoms with Crippen molar-refractivity contribution in [3.8, 4) is 11.3 Å². The minimum Gasteiger partial charge on any atom is -0.336 e. The second kappa shape index (κ2) is 8.20. The van der Waals surface area contributed by atoms with Crippen molar-refractivity contribution in [2.45, 2.75) is 20.4 Å². The van der Waals surface area contributed by atoms with Crippen molar-refractivity contribution in [2.75, 3.05) is 26.2 Å². The first-order valence-corrected chi connectivity index (χ1v) is 10.9. The van der Waals surface area contributed by atoms with Crippen molar-refractivity contribution in [1.29, 1.82) is 0 Å². The van der Waals surface area contributed by atoms with E-state index in [1.807, 2.05) is 29.6 Å². The van der Waals surface area contributed by atoms with E-state index in [4.69, 9.17) is 0 Å². The highest BCUT2D eigenvalue weighted by atomic mass is 16.2. The Balaban J connectivity index is 1.32. The fourth-order valence-corrected chi connectivity index (χ4v) is 4.31. The van der Waals surface area contributed by atoms with Crippen molar-refractivity contribution in [1.82, 2.24) is 34.2 Å². The molecule has 1 saturated heterocycles. The van der Waals surface area contributed by atoms with Gasteiger partial charge in [-0.15, -0.1) is 0 Å². The summed E-state index contributed by atoms with van der Waals surface area (Å²) in [6.07, 6.45) is 5.47. The first kappa shape index (κ1) is 20.4. The molecule has 1 aliphatic rings. The first-order chi connectivity index (χ1) is 15.5. The molecular formula is C24H27N7O. The lowest BCUT2D eigenvalue weighted by atomic mass is 10.1. The molecule has 32 heavy (non-hydrogen) atoms. The predicted octanol–water partition coefficient (Wildman–Crippen LogP) is 2.70. The summed E-state index contributed by atoms with van der Waals surface area (Å²) in [4.78, 5) is 22.0. The predicted molar refractivity (Wildman–Crippen MR) is 122 cm³/mol. The number of fused-ring (bicyclic) bond motifs is 1. The van der Waals surface area contributed by atoms with Gasteiger partial charge in [-0.05, 0) is 19.9 Å². The van der Waals surface area contributed by atoms with Crippen LogP contribution in [0.3, 0.4) is 0 Å². The minimum atomic E-state index is -0.00855. The van der Waals surface area contributed by atoms with Crippen LogP contribution in [0.5, 0.6) is 0 Å². The van der Waals surface area contributed by atoms with E-state index in [9.17, 15) is 4.79 Å². The lowest BCUT2D eigenvalue weighted by Crippen LogP contribution is -2.48. The van der Waals surface area contributed by atoms with Crippen molar-refractivity contribution >= 4 is 11.6 Å². The van der Waals surface area contributed by atoms with E-state index in [1.165, 1.54) is 11.1 Å². The van der Waals surface area contributed by atoms with Crippen molar-refractivity contribution in [3.63, 3.8) is 0 Å². The summed E-state index contributed by atoms with van der Waals surface area (Å²) in [7, 11) is 1.95. The van der Waals surface area contributed by atoms with Crippen LogP contribution >= 0.6 is 0 Å². The summed E-state index contributed by atoms with van der Waals surface area (Å²) in [6, 6.07) is 10.2. The van der Waals surface area contributed by atoms with Crippen LogP contribution in [-0.4, -0.2) is 66.3 Å². The smallest absolute Gasteiger partial charge is 0.259 e. The average Bonchev–Trinajstić information content (AvgIpc) is 3.37. The molecule has 1 fully saturated rings. The molecule has 0 spiro atoms. The maximum Gasteiger partial charge on any atom is 0.259 e. The zero-order valence-electron chi connectivity index (χ0n) is 18.7. The summed E-state index contributed by atoms with van der Waals surface area (Å²) in [5.74, 6) is -0.00855. The van der Waals surface area contributed by atoms with E-state index in [0.29, 0.717) is 24.3 Å². The van der Waals surface area contributed by atoms with Crippen molar-refractivity contribution < 1.29 is 4.79 Å². The fourth-order valence-electron chi connectivity index (χ4n) is 4.31. The molecule has 0 N–H and O–H groups in total. The number of rotatable bonds is 4. The third-order valence-corrected chi connectivity index (χ3v) is 6.15. The highest BCUT2D eigenvalue weighted by molar-refractivity contribution is 6.00. The lowest BCUT2D eigenvalue weighted by molar-refractivity contribution is 0.0630. The molecule has 0 atom stereocenters. The number of hydrogen-bond acceptors (Lipinski definition) is 5. The minimum absolute atomic E-state index is 0.00855. The first-order valence-electron chi connectivity index (χ1n) is 10.9. The second-order valence-electron chi connectivity index (χ2n) is 8.47. The Morgan fingerprint density at radius 2 is 1.78 bits per heavy atom. The van der Waals surface area contributed by atoms with Crippen LogP contribution in [0.1, 0.15) is 27.2 Å². The van der Waals surface area contributed by atoms with Crippen molar-refractivity contribution in [2.24, 2.45) is 7.05 Å². The molecule has 1 amide bonds. The zero-order valence-corrected chi connectivity index (χ0v) is 18.7. The number of carbonyl (C=O) groups excluding carboxylic acids is 1. The topological polar surface area (TPSA) is 71.6 Å². The molecule has 0 aliphatic carbocycles. The number of carbonyl (C=O) groups is 1. The van der Waals surface area contributed by atoms with Crippen LogP contribution in [0.15, 0.2) is 48.9 Å². The van der Waals surface area contributed by atoms with Gasteiger partial charge in [0.2, 0.25) is 0 Å².